The highest BCUT2D eigenvalue weighted by atomic mass is 79.9. The van der Waals surface area contributed by atoms with Crippen molar-refractivity contribution in [2.24, 2.45) is 0 Å². The fraction of sp³-hybridized carbons (Fsp3) is 0.500. The quantitative estimate of drug-likeness (QED) is 0.705. The summed E-state index contributed by atoms with van der Waals surface area (Å²) in [5, 5.41) is 2.92. The Kier molecular flexibility index (Phi) is 6.48. The normalized spacial score (nSPS) is 12.4. The summed E-state index contributed by atoms with van der Waals surface area (Å²) in [5.41, 5.74) is -1.03. The van der Waals surface area contributed by atoms with Crippen LogP contribution in [0.3, 0.4) is 0 Å². The Morgan fingerprint density at radius 1 is 1.24 bits per heavy atom. The predicted octanol–water partition coefficient (Wildman–Crippen LogP) is 3.21. The summed E-state index contributed by atoms with van der Waals surface area (Å²) in [5.74, 6) is -0.213. The summed E-state index contributed by atoms with van der Waals surface area (Å²) in [6, 6.07) is 2.81. The smallest absolute Gasteiger partial charge is 0.316 e. The maximum absolute atomic E-state index is 12.6. The zero-order valence-corrected chi connectivity index (χ0v) is 13.7. The molecule has 1 rings (SSSR count). The molecule has 4 nitrogen and oxygen atoms in total. The Bertz CT molecular complexity index is 576. The van der Waals surface area contributed by atoms with Crippen LogP contribution >= 0.6 is 15.9 Å². The standard InChI is InChI=1S/C12H16BrF3N2O2S/c1-2-5-17-6-7-21(19,20)18-11-8-9(12(14,15)16)3-4-10(11)13/h3-4,8,17-18H,2,5-7H2,1H3. The van der Waals surface area contributed by atoms with Crippen LogP contribution in [0.4, 0.5) is 18.9 Å². The molecule has 2 N–H and O–H groups in total. The van der Waals surface area contributed by atoms with Gasteiger partial charge in [-0.1, -0.05) is 6.92 Å². The van der Waals surface area contributed by atoms with E-state index in [2.05, 4.69) is 26.0 Å². The molecule has 0 atom stereocenters. The molecule has 9 heteroatoms. The molecule has 0 saturated carbocycles. The first-order valence-electron chi connectivity index (χ1n) is 6.23. The van der Waals surface area contributed by atoms with Gasteiger partial charge in [0.15, 0.2) is 0 Å². The van der Waals surface area contributed by atoms with Crippen LogP contribution in [0.15, 0.2) is 22.7 Å². The van der Waals surface area contributed by atoms with Gasteiger partial charge < -0.3 is 5.32 Å². The van der Waals surface area contributed by atoms with E-state index in [1.165, 1.54) is 0 Å². The second-order valence-corrected chi connectivity index (χ2v) is 7.06. The van der Waals surface area contributed by atoms with E-state index >= 15 is 0 Å². The molecule has 0 radical (unpaired) electrons. The van der Waals surface area contributed by atoms with Gasteiger partial charge in [0.1, 0.15) is 0 Å². The van der Waals surface area contributed by atoms with E-state index in [0.717, 1.165) is 24.6 Å². The molecule has 0 aliphatic carbocycles. The van der Waals surface area contributed by atoms with Crippen molar-refractivity contribution in [2.45, 2.75) is 19.5 Å². The van der Waals surface area contributed by atoms with E-state index in [9.17, 15) is 21.6 Å². The third-order valence-electron chi connectivity index (χ3n) is 2.53. The number of hydrogen-bond donors (Lipinski definition) is 2. The second kappa shape index (κ2) is 7.46. The number of sulfonamides is 1. The minimum atomic E-state index is -4.52. The summed E-state index contributed by atoms with van der Waals surface area (Å²) >= 11 is 3.03. The van der Waals surface area contributed by atoms with Gasteiger partial charge in [0.05, 0.1) is 17.0 Å². The first-order valence-corrected chi connectivity index (χ1v) is 8.68. The number of anilines is 1. The van der Waals surface area contributed by atoms with E-state index in [4.69, 9.17) is 0 Å². The Balaban J connectivity index is 2.82. The molecule has 0 saturated heterocycles. The van der Waals surface area contributed by atoms with Crippen molar-refractivity contribution in [1.82, 2.24) is 5.32 Å². The van der Waals surface area contributed by atoms with Gasteiger partial charge in [-0.25, -0.2) is 8.42 Å². The van der Waals surface area contributed by atoms with Crippen LogP contribution in [0.2, 0.25) is 0 Å². The Labute approximate surface area is 130 Å². The fourth-order valence-corrected chi connectivity index (χ4v) is 3.00. The van der Waals surface area contributed by atoms with Crippen LogP contribution in [-0.2, 0) is 16.2 Å². The van der Waals surface area contributed by atoms with Crippen LogP contribution < -0.4 is 10.0 Å². The van der Waals surface area contributed by atoms with Gasteiger partial charge in [0, 0.05) is 11.0 Å². The van der Waals surface area contributed by atoms with Crippen molar-refractivity contribution >= 4 is 31.6 Å². The molecule has 21 heavy (non-hydrogen) atoms. The zero-order valence-electron chi connectivity index (χ0n) is 11.3. The molecule has 0 spiro atoms. The van der Waals surface area contributed by atoms with Crippen molar-refractivity contribution < 1.29 is 21.6 Å². The molecule has 1 aromatic carbocycles. The van der Waals surface area contributed by atoms with Gasteiger partial charge in [-0.3, -0.25) is 4.72 Å². The molecule has 1 aromatic rings. The largest absolute Gasteiger partial charge is 0.416 e. The maximum atomic E-state index is 12.6. The van der Waals surface area contributed by atoms with Gasteiger partial charge in [0.25, 0.3) is 0 Å². The van der Waals surface area contributed by atoms with E-state index in [-0.39, 0.29) is 22.5 Å². The van der Waals surface area contributed by atoms with E-state index < -0.39 is 21.8 Å². The first kappa shape index (κ1) is 18.2. The minimum absolute atomic E-state index is 0.125. The Morgan fingerprint density at radius 2 is 1.90 bits per heavy atom. The molecule has 0 unspecified atom stereocenters. The highest BCUT2D eigenvalue weighted by Crippen LogP contribution is 2.34. The van der Waals surface area contributed by atoms with Crippen molar-refractivity contribution in [3.8, 4) is 0 Å². The molecule has 120 valence electrons. The molecular formula is C12H16BrF3N2O2S. The third kappa shape index (κ3) is 6.23. The van der Waals surface area contributed by atoms with Crippen LogP contribution in [0, 0.1) is 0 Å². The summed E-state index contributed by atoms with van der Waals surface area (Å²) in [4.78, 5) is 0. The van der Waals surface area contributed by atoms with Gasteiger partial charge in [-0.15, -0.1) is 0 Å². The number of rotatable bonds is 7. The van der Waals surface area contributed by atoms with Gasteiger partial charge in [0.2, 0.25) is 10.0 Å². The molecular weight excluding hydrogens is 373 g/mol. The van der Waals surface area contributed by atoms with Crippen LogP contribution in [0.1, 0.15) is 18.9 Å². The van der Waals surface area contributed by atoms with Crippen LogP contribution in [0.25, 0.3) is 0 Å². The number of nitrogens with one attached hydrogen (secondary N) is 2. The lowest BCUT2D eigenvalue weighted by Gasteiger charge is -2.13. The van der Waals surface area contributed by atoms with Crippen molar-refractivity contribution in [1.29, 1.82) is 0 Å². The summed E-state index contributed by atoms with van der Waals surface area (Å²) in [6.07, 6.45) is -3.66. The maximum Gasteiger partial charge on any atom is 0.416 e. The highest BCUT2D eigenvalue weighted by Gasteiger charge is 2.31. The minimum Gasteiger partial charge on any atom is -0.316 e. The molecule has 0 heterocycles. The number of alkyl halides is 3. The summed E-state index contributed by atoms with van der Waals surface area (Å²) < 4.78 is 63.9. The first-order chi connectivity index (χ1) is 9.65. The van der Waals surface area contributed by atoms with Crippen molar-refractivity contribution in [3.63, 3.8) is 0 Å². The second-order valence-electron chi connectivity index (χ2n) is 4.36. The molecule has 0 amide bonds. The van der Waals surface area contributed by atoms with E-state index in [1.54, 1.807) is 0 Å². The molecule has 0 aliphatic rings. The topological polar surface area (TPSA) is 58.2 Å². The monoisotopic (exact) mass is 388 g/mol. The number of hydrogen-bond acceptors (Lipinski definition) is 3. The lowest BCUT2D eigenvalue weighted by molar-refractivity contribution is -0.137. The Morgan fingerprint density at radius 3 is 2.48 bits per heavy atom. The highest BCUT2D eigenvalue weighted by molar-refractivity contribution is 9.10. The van der Waals surface area contributed by atoms with Gasteiger partial charge in [-0.05, 0) is 47.1 Å². The average molecular weight is 389 g/mol. The lowest BCUT2D eigenvalue weighted by atomic mass is 10.2. The van der Waals surface area contributed by atoms with Crippen molar-refractivity contribution in [2.75, 3.05) is 23.6 Å². The molecule has 0 fully saturated rings. The van der Waals surface area contributed by atoms with Crippen LogP contribution in [0.5, 0.6) is 0 Å². The SMILES string of the molecule is CCCNCCS(=O)(=O)Nc1cc(C(F)(F)F)ccc1Br. The van der Waals surface area contributed by atoms with E-state index in [1.807, 2.05) is 6.92 Å². The van der Waals surface area contributed by atoms with Crippen molar-refractivity contribution in [3.05, 3.63) is 28.2 Å². The lowest BCUT2D eigenvalue weighted by Crippen LogP contribution is -2.27. The van der Waals surface area contributed by atoms with E-state index in [0.29, 0.717) is 6.54 Å². The number of benzene rings is 1. The summed E-state index contributed by atoms with van der Waals surface area (Å²) in [6.45, 7) is 2.86. The molecule has 0 aromatic heterocycles. The Hall–Kier alpha value is -0.800. The van der Waals surface area contributed by atoms with Gasteiger partial charge >= 0.3 is 6.18 Å². The third-order valence-corrected chi connectivity index (χ3v) is 4.50. The fourth-order valence-electron chi connectivity index (χ4n) is 1.51. The van der Waals surface area contributed by atoms with Gasteiger partial charge in [-0.2, -0.15) is 13.2 Å². The number of halogens is 4. The summed E-state index contributed by atoms with van der Waals surface area (Å²) in [7, 11) is -3.71. The van der Waals surface area contributed by atoms with Crippen LogP contribution in [-0.4, -0.2) is 27.3 Å². The predicted molar refractivity (Wildman–Crippen MR) is 79.7 cm³/mol. The molecule has 0 aliphatic heterocycles. The average Bonchev–Trinajstić information content (AvgIpc) is 2.36. The zero-order chi connectivity index (χ0) is 16.1. The molecule has 0 bridgehead atoms.